The smallest absolute Gasteiger partial charge is 0.417 e. The van der Waals surface area contributed by atoms with Gasteiger partial charge in [-0.1, -0.05) is 31.9 Å². The first-order valence-corrected chi connectivity index (χ1v) is 13.8. The summed E-state index contributed by atoms with van der Waals surface area (Å²) in [6.07, 6.45) is 0.954. The molecule has 4 rings (SSSR count). The van der Waals surface area contributed by atoms with Gasteiger partial charge in [-0.2, -0.15) is 13.2 Å². The van der Waals surface area contributed by atoms with E-state index in [1.807, 2.05) is 32.0 Å². The average molecular weight is 570 g/mol. The van der Waals surface area contributed by atoms with Crippen molar-refractivity contribution in [3.8, 4) is 17.0 Å². The van der Waals surface area contributed by atoms with Gasteiger partial charge >= 0.3 is 6.18 Å². The van der Waals surface area contributed by atoms with Crippen LogP contribution in [0.25, 0.3) is 22.2 Å². The van der Waals surface area contributed by atoms with Gasteiger partial charge in [-0.3, -0.25) is 9.59 Å². The molecule has 0 aliphatic heterocycles. The lowest BCUT2D eigenvalue weighted by atomic mass is 10.0. The first kappa shape index (κ1) is 29.9. The van der Waals surface area contributed by atoms with Gasteiger partial charge in [-0.25, -0.2) is 9.97 Å². The minimum Gasteiger partial charge on any atom is -0.497 e. The van der Waals surface area contributed by atoms with Crippen molar-refractivity contribution in [3.05, 3.63) is 71.3 Å². The number of halogens is 3. The number of unbranched alkanes of at least 4 members (excludes halogenated alkanes) is 2. The number of amides is 1. The zero-order valence-electron chi connectivity index (χ0n) is 23.5. The number of carbonyl (C=O) groups is 2. The lowest BCUT2D eigenvalue weighted by Gasteiger charge is -2.14. The number of methoxy groups -OCH3 is 1. The zero-order chi connectivity index (χ0) is 29.6. The Morgan fingerprint density at radius 1 is 1.07 bits per heavy atom. The van der Waals surface area contributed by atoms with Crippen LogP contribution in [-0.4, -0.2) is 28.8 Å². The molecule has 0 radical (unpaired) electrons. The van der Waals surface area contributed by atoms with E-state index in [1.54, 1.807) is 13.2 Å². The van der Waals surface area contributed by atoms with Crippen LogP contribution in [0, 0.1) is 6.92 Å². The maximum atomic E-state index is 13.6. The first-order chi connectivity index (χ1) is 19.6. The molecule has 0 saturated carbocycles. The minimum absolute atomic E-state index is 0.0222. The summed E-state index contributed by atoms with van der Waals surface area (Å²) < 4.78 is 46.3. The van der Waals surface area contributed by atoms with Crippen LogP contribution >= 0.6 is 0 Å². The zero-order valence-corrected chi connectivity index (χ0v) is 23.5. The van der Waals surface area contributed by atoms with Crippen molar-refractivity contribution in [2.45, 2.75) is 71.0 Å². The molecule has 0 bridgehead atoms. The van der Waals surface area contributed by atoms with E-state index in [0.717, 1.165) is 47.5 Å². The van der Waals surface area contributed by atoms with Crippen LogP contribution in [0.4, 0.5) is 13.2 Å². The van der Waals surface area contributed by atoms with E-state index >= 15 is 0 Å². The number of H-pyrrole nitrogens is 3. The van der Waals surface area contributed by atoms with E-state index in [2.05, 4.69) is 20.3 Å². The first-order valence-electron chi connectivity index (χ1n) is 13.8. The lowest BCUT2D eigenvalue weighted by molar-refractivity contribution is -0.391. The van der Waals surface area contributed by atoms with Gasteiger partial charge in [-0.15, -0.1) is 0 Å². The second-order valence-electron chi connectivity index (χ2n) is 10.2. The number of carbonyl (C=O) groups excluding carboxylic acids is 2. The van der Waals surface area contributed by atoms with Gasteiger partial charge in [0.25, 0.3) is 5.82 Å². The average Bonchev–Trinajstić information content (AvgIpc) is 3.56. The standard InChI is InChI=1S/C31H35F3N4O3/c1-4-20(39)10-6-5-7-13-27(30-35-18-28(38-30)22-11-8-9-12-25(22)31(32,33)34)37-29(40)17-23-19(2)36-26-15-14-21(41-3)16-24(23)26/h8-9,11-12,14-16,18,27,36H,4-7,10,13,17H2,1-3H3,(H,35,38)(H,37,40)/p+1/t27-/m0/s1. The summed E-state index contributed by atoms with van der Waals surface area (Å²) in [6.45, 7) is 3.75. The highest BCUT2D eigenvalue weighted by atomic mass is 19.4. The van der Waals surface area contributed by atoms with Gasteiger partial charge in [0.15, 0.2) is 5.69 Å². The third-order valence-corrected chi connectivity index (χ3v) is 7.35. The molecule has 4 N–H and O–H groups in total. The lowest BCUT2D eigenvalue weighted by Crippen LogP contribution is -2.33. The normalized spacial score (nSPS) is 12.4. The molecule has 2 aromatic heterocycles. The molecule has 0 fully saturated rings. The number of aromatic nitrogens is 3. The molecule has 1 amide bonds. The highest BCUT2D eigenvalue weighted by molar-refractivity contribution is 5.91. The fourth-order valence-corrected chi connectivity index (χ4v) is 5.10. The highest BCUT2D eigenvalue weighted by Crippen LogP contribution is 2.36. The van der Waals surface area contributed by atoms with Crippen molar-refractivity contribution in [2.24, 2.45) is 0 Å². The number of alkyl halides is 3. The fraction of sp³-hybridized carbons (Fsp3) is 0.387. The summed E-state index contributed by atoms with van der Waals surface area (Å²) in [7, 11) is 1.59. The van der Waals surface area contributed by atoms with E-state index in [1.165, 1.54) is 18.3 Å². The number of rotatable bonds is 13. The Balaban J connectivity index is 1.55. The highest BCUT2D eigenvalue weighted by Gasteiger charge is 2.35. The number of aromatic amines is 3. The van der Waals surface area contributed by atoms with Crippen LogP contribution in [0.3, 0.4) is 0 Å². The van der Waals surface area contributed by atoms with E-state index in [-0.39, 0.29) is 29.4 Å². The number of imidazole rings is 1. The topological polar surface area (TPSA) is 101 Å². The van der Waals surface area contributed by atoms with E-state index in [9.17, 15) is 22.8 Å². The van der Waals surface area contributed by atoms with Crippen molar-refractivity contribution >= 4 is 22.6 Å². The number of ether oxygens (including phenoxy) is 1. The summed E-state index contributed by atoms with van der Waals surface area (Å²) in [5.41, 5.74) is 2.18. The molecule has 0 saturated heterocycles. The molecule has 4 aromatic rings. The number of hydrogen-bond acceptors (Lipinski definition) is 3. The Kier molecular flexibility index (Phi) is 9.52. The summed E-state index contributed by atoms with van der Waals surface area (Å²) in [5.74, 6) is 1.19. The number of fused-ring (bicyclic) bond motifs is 1. The Bertz CT molecular complexity index is 1510. The van der Waals surface area contributed by atoms with Crippen LogP contribution in [0.15, 0.2) is 48.7 Å². The SMILES string of the molecule is CCC(=O)CCCCC[C@H](NC(=O)Cc1c(C)[nH]c2ccc(OC)cc12)c1[nH]c(-c2ccccc2C(F)(F)F)c[nH+]1. The number of Topliss-reactive ketones (excluding diaryl/α,β-unsaturated/α-hetero) is 1. The van der Waals surface area contributed by atoms with Crippen LogP contribution in [-0.2, 0) is 22.2 Å². The molecular weight excluding hydrogens is 533 g/mol. The molecular formula is C31H36F3N4O3+. The second kappa shape index (κ2) is 13.1. The van der Waals surface area contributed by atoms with Crippen molar-refractivity contribution < 1.29 is 32.5 Å². The van der Waals surface area contributed by atoms with Crippen LogP contribution < -0.4 is 15.0 Å². The van der Waals surface area contributed by atoms with E-state index in [0.29, 0.717) is 30.8 Å². The molecule has 41 heavy (non-hydrogen) atoms. The number of benzene rings is 2. The monoisotopic (exact) mass is 569 g/mol. The van der Waals surface area contributed by atoms with Gasteiger partial charge < -0.3 is 15.0 Å². The fourth-order valence-electron chi connectivity index (χ4n) is 5.10. The quantitative estimate of drug-likeness (QED) is 0.157. The number of hydrogen-bond donors (Lipinski definition) is 3. The van der Waals surface area contributed by atoms with E-state index < -0.39 is 17.8 Å². The number of aryl methyl sites for hydroxylation is 1. The molecule has 0 aliphatic carbocycles. The largest absolute Gasteiger partial charge is 0.497 e. The molecule has 2 heterocycles. The third-order valence-electron chi connectivity index (χ3n) is 7.35. The summed E-state index contributed by atoms with van der Waals surface area (Å²) >= 11 is 0. The van der Waals surface area contributed by atoms with Crippen LogP contribution in [0.1, 0.15) is 74.1 Å². The third kappa shape index (κ3) is 7.36. The van der Waals surface area contributed by atoms with Gasteiger partial charge in [0, 0.05) is 35.0 Å². The van der Waals surface area contributed by atoms with Crippen molar-refractivity contribution in [2.75, 3.05) is 7.11 Å². The van der Waals surface area contributed by atoms with Gasteiger partial charge in [-0.05, 0) is 55.7 Å². The molecule has 218 valence electrons. The predicted octanol–water partition coefficient (Wildman–Crippen LogP) is 6.64. The van der Waals surface area contributed by atoms with E-state index in [4.69, 9.17) is 4.74 Å². The second-order valence-corrected chi connectivity index (χ2v) is 10.2. The molecule has 0 unspecified atom stereocenters. The van der Waals surface area contributed by atoms with Crippen molar-refractivity contribution in [1.82, 2.24) is 15.3 Å². The minimum atomic E-state index is -4.51. The number of nitrogens with one attached hydrogen (secondary N) is 4. The summed E-state index contributed by atoms with van der Waals surface area (Å²) in [4.78, 5) is 34.5. The molecule has 0 spiro atoms. The van der Waals surface area contributed by atoms with Gasteiger partial charge in [0.2, 0.25) is 5.91 Å². The Morgan fingerprint density at radius 3 is 2.59 bits per heavy atom. The summed E-state index contributed by atoms with van der Waals surface area (Å²) in [6, 6.07) is 10.5. The Morgan fingerprint density at radius 2 is 1.85 bits per heavy atom. The molecule has 7 nitrogen and oxygen atoms in total. The summed E-state index contributed by atoms with van der Waals surface area (Å²) in [5, 5.41) is 3.97. The maximum absolute atomic E-state index is 13.6. The molecule has 0 aliphatic rings. The number of ketones is 1. The predicted molar refractivity (Wildman–Crippen MR) is 150 cm³/mol. The van der Waals surface area contributed by atoms with Gasteiger partial charge in [0.1, 0.15) is 23.8 Å². The van der Waals surface area contributed by atoms with Crippen molar-refractivity contribution in [3.63, 3.8) is 0 Å². The van der Waals surface area contributed by atoms with Crippen LogP contribution in [0.2, 0.25) is 0 Å². The Hall–Kier alpha value is -4.08. The maximum Gasteiger partial charge on any atom is 0.417 e. The molecule has 2 aromatic carbocycles. The molecule has 1 atom stereocenters. The van der Waals surface area contributed by atoms with Crippen LogP contribution in [0.5, 0.6) is 5.75 Å². The Labute approximate surface area is 236 Å². The molecule has 10 heteroatoms. The van der Waals surface area contributed by atoms with Crippen molar-refractivity contribution in [1.29, 1.82) is 0 Å². The van der Waals surface area contributed by atoms with Gasteiger partial charge in [0.05, 0.1) is 19.1 Å².